The van der Waals surface area contributed by atoms with Crippen LogP contribution >= 0.6 is 0 Å². The molecule has 3 aromatic rings. The predicted octanol–water partition coefficient (Wildman–Crippen LogP) is 2.82. The van der Waals surface area contributed by atoms with Crippen LogP contribution in [0.2, 0.25) is 0 Å². The van der Waals surface area contributed by atoms with Gasteiger partial charge in [0.05, 0.1) is 13.5 Å². The van der Waals surface area contributed by atoms with Gasteiger partial charge < -0.3 is 19.8 Å². The monoisotopic (exact) mass is 408 g/mol. The number of methoxy groups -OCH3 is 1. The highest BCUT2D eigenvalue weighted by atomic mass is 16.5. The number of carbonyl (C=O) groups is 3. The van der Waals surface area contributed by atoms with Gasteiger partial charge in [0.2, 0.25) is 0 Å². The molecule has 0 bridgehead atoms. The Balaban J connectivity index is 1.46. The van der Waals surface area contributed by atoms with Gasteiger partial charge in [-0.05, 0) is 43.2 Å². The summed E-state index contributed by atoms with van der Waals surface area (Å²) in [7, 11) is 1.48. The first-order valence-corrected chi connectivity index (χ1v) is 9.63. The minimum atomic E-state index is -0.569. The van der Waals surface area contributed by atoms with E-state index in [1.807, 2.05) is 30.5 Å². The standard InChI is InChI=1S/C23H24N2O5/c1-15(26)16-7-8-21(29-2)18(11-16)12-23(28)30-14-22(27)24-10-9-17-13-25-20-6-4-3-5-19(17)20/h3-8,11,13,25H,9-10,12,14H2,1-2H3,(H,24,27). The number of ketones is 1. The van der Waals surface area contributed by atoms with Gasteiger partial charge in [0.25, 0.3) is 5.91 Å². The second-order valence-corrected chi connectivity index (χ2v) is 6.88. The lowest BCUT2D eigenvalue weighted by atomic mass is 10.0. The zero-order valence-electron chi connectivity index (χ0n) is 17.0. The topological polar surface area (TPSA) is 97.5 Å². The van der Waals surface area contributed by atoms with Crippen LogP contribution in [0.5, 0.6) is 5.75 Å². The molecule has 0 spiro atoms. The van der Waals surface area contributed by atoms with Gasteiger partial charge in [-0.1, -0.05) is 18.2 Å². The third-order valence-corrected chi connectivity index (χ3v) is 4.78. The summed E-state index contributed by atoms with van der Waals surface area (Å²) in [6.45, 7) is 1.53. The van der Waals surface area contributed by atoms with Gasteiger partial charge in [0, 0.05) is 34.8 Å². The van der Waals surface area contributed by atoms with E-state index in [0.29, 0.717) is 29.8 Å². The molecule has 1 amide bonds. The maximum atomic E-state index is 12.1. The molecule has 0 radical (unpaired) electrons. The quantitative estimate of drug-likeness (QED) is 0.419. The highest BCUT2D eigenvalue weighted by Gasteiger charge is 2.14. The average Bonchev–Trinajstić information content (AvgIpc) is 3.15. The fourth-order valence-corrected chi connectivity index (χ4v) is 3.21. The molecule has 0 aliphatic rings. The minimum Gasteiger partial charge on any atom is -0.496 e. The number of aromatic amines is 1. The van der Waals surface area contributed by atoms with Crippen LogP contribution in [0.1, 0.15) is 28.4 Å². The van der Waals surface area contributed by atoms with E-state index in [4.69, 9.17) is 9.47 Å². The molecule has 0 saturated carbocycles. The lowest BCUT2D eigenvalue weighted by Crippen LogP contribution is -2.30. The fourth-order valence-electron chi connectivity index (χ4n) is 3.21. The first kappa shape index (κ1) is 21.1. The Hall–Kier alpha value is -3.61. The van der Waals surface area contributed by atoms with Crippen molar-refractivity contribution in [1.29, 1.82) is 0 Å². The van der Waals surface area contributed by atoms with Crippen molar-refractivity contribution in [2.45, 2.75) is 19.8 Å². The summed E-state index contributed by atoms with van der Waals surface area (Å²) in [6, 6.07) is 12.8. The largest absolute Gasteiger partial charge is 0.496 e. The van der Waals surface area contributed by atoms with Crippen molar-refractivity contribution in [3.63, 3.8) is 0 Å². The van der Waals surface area contributed by atoms with Crippen LogP contribution < -0.4 is 10.1 Å². The Labute approximate surface area is 174 Å². The van der Waals surface area contributed by atoms with E-state index >= 15 is 0 Å². The Morgan fingerprint density at radius 1 is 1.07 bits per heavy atom. The normalized spacial score (nSPS) is 10.6. The second-order valence-electron chi connectivity index (χ2n) is 6.88. The molecule has 30 heavy (non-hydrogen) atoms. The number of esters is 1. The van der Waals surface area contributed by atoms with Gasteiger partial charge >= 0.3 is 5.97 Å². The number of nitrogens with one attached hydrogen (secondary N) is 2. The summed E-state index contributed by atoms with van der Waals surface area (Å²) < 4.78 is 10.3. The number of amides is 1. The molecule has 0 aliphatic carbocycles. The van der Waals surface area contributed by atoms with Gasteiger partial charge in [-0.15, -0.1) is 0 Å². The maximum Gasteiger partial charge on any atom is 0.310 e. The summed E-state index contributed by atoms with van der Waals surface area (Å²) in [5, 5.41) is 3.88. The number of H-pyrrole nitrogens is 1. The SMILES string of the molecule is COc1ccc(C(C)=O)cc1CC(=O)OCC(=O)NCCc1c[nH]c2ccccc12. The van der Waals surface area contributed by atoms with Crippen molar-refractivity contribution in [2.75, 3.05) is 20.3 Å². The highest BCUT2D eigenvalue weighted by Crippen LogP contribution is 2.21. The number of carbonyl (C=O) groups excluding carboxylic acids is 3. The number of hydrogen-bond donors (Lipinski definition) is 2. The Morgan fingerprint density at radius 3 is 2.63 bits per heavy atom. The molecule has 2 N–H and O–H groups in total. The van der Waals surface area contributed by atoms with Crippen molar-refractivity contribution in [1.82, 2.24) is 10.3 Å². The minimum absolute atomic E-state index is 0.0904. The Bertz CT molecular complexity index is 1070. The number of fused-ring (bicyclic) bond motifs is 1. The third kappa shape index (κ3) is 5.26. The summed E-state index contributed by atoms with van der Waals surface area (Å²) in [6.07, 6.45) is 2.51. The number of hydrogen-bond acceptors (Lipinski definition) is 5. The van der Waals surface area contributed by atoms with E-state index < -0.39 is 5.97 Å². The molecular weight excluding hydrogens is 384 g/mol. The van der Waals surface area contributed by atoms with Gasteiger partial charge in [0.15, 0.2) is 12.4 Å². The summed E-state index contributed by atoms with van der Waals surface area (Å²) in [5.41, 5.74) is 3.18. The van der Waals surface area contributed by atoms with Crippen molar-refractivity contribution in [2.24, 2.45) is 0 Å². The molecule has 0 fully saturated rings. The van der Waals surface area contributed by atoms with E-state index in [2.05, 4.69) is 10.3 Å². The van der Waals surface area contributed by atoms with Crippen LogP contribution in [-0.4, -0.2) is 42.9 Å². The molecule has 3 rings (SSSR count). The molecule has 1 heterocycles. The van der Waals surface area contributed by atoms with E-state index in [1.54, 1.807) is 18.2 Å². The van der Waals surface area contributed by atoms with Crippen molar-refractivity contribution < 1.29 is 23.9 Å². The molecule has 0 atom stereocenters. The molecule has 1 aromatic heterocycles. The molecule has 0 saturated heterocycles. The number of rotatable bonds is 9. The van der Waals surface area contributed by atoms with Crippen molar-refractivity contribution in [3.05, 3.63) is 65.4 Å². The van der Waals surface area contributed by atoms with Gasteiger partial charge in [-0.2, -0.15) is 0 Å². The molecule has 0 aliphatic heterocycles. The summed E-state index contributed by atoms with van der Waals surface area (Å²) in [4.78, 5) is 38.9. The van der Waals surface area contributed by atoms with Crippen LogP contribution in [0, 0.1) is 0 Å². The van der Waals surface area contributed by atoms with Crippen LogP contribution in [-0.2, 0) is 27.2 Å². The zero-order valence-corrected chi connectivity index (χ0v) is 17.0. The summed E-state index contributed by atoms with van der Waals surface area (Å²) >= 11 is 0. The first-order valence-electron chi connectivity index (χ1n) is 9.63. The van der Waals surface area contributed by atoms with E-state index in [1.165, 1.54) is 14.0 Å². The fraction of sp³-hybridized carbons (Fsp3) is 0.261. The molecule has 2 aromatic carbocycles. The third-order valence-electron chi connectivity index (χ3n) is 4.78. The zero-order chi connectivity index (χ0) is 21.5. The van der Waals surface area contributed by atoms with E-state index in [-0.39, 0.29) is 24.7 Å². The molecule has 7 nitrogen and oxygen atoms in total. The van der Waals surface area contributed by atoms with E-state index in [0.717, 1.165) is 16.5 Å². The lowest BCUT2D eigenvalue weighted by molar-refractivity contribution is -0.147. The van der Waals surface area contributed by atoms with Gasteiger partial charge in [-0.25, -0.2) is 0 Å². The molecule has 156 valence electrons. The van der Waals surface area contributed by atoms with Crippen molar-refractivity contribution in [3.8, 4) is 5.75 Å². The average molecular weight is 408 g/mol. The van der Waals surface area contributed by atoms with Crippen LogP contribution in [0.25, 0.3) is 10.9 Å². The van der Waals surface area contributed by atoms with Gasteiger partial charge in [-0.3, -0.25) is 14.4 Å². The summed E-state index contributed by atoms with van der Waals surface area (Å²) in [5.74, 6) is -0.560. The Kier molecular flexibility index (Phi) is 6.85. The number of benzene rings is 2. The number of Topliss-reactive ketones (excluding diaryl/α,β-unsaturated/α-hetero) is 1. The number of ether oxygens (including phenoxy) is 2. The van der Waals surface area contributed by atoms with E-state index in [9.17, 15) is 14.4 Å². The molecule has 7 heteroatoms. The van der Waals surface area contributed by atoms with Crippen LogP contribution in [0.15, 0.2) is 48.7 Å². The smallest absolute Gasteiger partial charge is 0.310 e. The van der Waals surface area contributed by atoms with Crippen LogP contribution in [0.4, 0.5) is 0 Å². The lowest BCUT2D eigenvalue weighted by Gasteiger charge is -2.10. The highest BCUT2D eigenvalue weighted by molar-refractivity contribution is 5.94. The maximum absolute atomic E-state index is 12.1. The molecule has 0 unspecified atom stereocenters. The first-order chi connectivity index (χ1) is 14.5. The van der Waals surface area contributed by atoms with Crippen LogP contribution in [0.3, 0.4) is 0 Å². The predicted molar refractivity (Wildman–Crippen MR) is 113 cm³/mol. The second kappa shape index (κ2) is 9.73. The number of para-hydroxylation sites is 1. The molecular formula is C23H24N2O5. The number of aromatic nitrogens is 1. The van der Waals surface area contributed by atoms with Gasteiger partial charge in [0.1, 0.15) is 5.75 Å². The Morgan fingerprint density at radius 2 is 1.87 bits per heavy atom. The van der Waals surface area contributed by atoms with Crippen molar-refractivity contribution >= 4 is 28.6 Å².